The van der Waals surface area contributed by atoms with E-state index in [-0.39, 0.29) is 17.9 Å². The number of halogens is 1. The minimum absolute atomic E-state index is 0.0200. The first-order valence-corrected chi connectivity index (χ1v) is 10.4. The van der Waals surface area contributed by atoms with Gasteiger partial charge in [0.1, 0.15) is 11.5 Å². The Balaban J connectivity index is 1.45. The molecule has 0 saturated carbocycles. The van der Waals surface area contributed by atoms with Gasteiger partial charge < -0.3 is 9.32 Å². The fourth-order valence-corrected chi connectivity index (χ4v) is 4.07. The molecule has 1 saturated heterocycles. The zero-order valence-corrected chi connectivity index (χ0v) is 17.5. The van der Waals surface area contributed by atoms with Gasteiger partial charge in [0.05, 0.1) is 12.1 Å². The van der Waals surface area contributed by atoms with Crippen molar-refractivity contribution < 1.29 is 9.21 Å². The fraction of sp³-hybridized carbons (Fsp3) is 0.409. The maximum absolute atomic E-state index is 13.0. The summed E-state index contributed by atoms with van der Waals surface area (Å²) in [5.41, 5.74) is 1.72. The number of piperidine rings is 1. The van der Waals surface area contributed by atoms with Crippen LogP contribution >= 0.6 is 11.6 Å². The van der Waals surface area contributed by atoms with Crippen LogP contribution in [0.4, 0.5) is 0 Å². The molecule has 1 amide bonds. The van der Waals surface area contributed by atoms with E-state index in [2.05, 4.69) is 10.1 Å². The van der Waals surface area contributed by atoms with E-state index >= 15 is 0 Å². The average Bonchev–Trinajstić information content (AvgIpc) is 3.37. The van der Waals surface area contributed by atoms with E-state index in [1.807, 2.05) is 43.0 Å². The normalized spacial score (nSPS) is 17.1. The molecule has 0 radical (unpaired) electrons. The molecule has 1 aliphatic heterocycles. The number of amides is 1. The molecule has 29 heavy (non-hydrogen) atoms. The number of hydrogen-bond acceptors (Lipinski definition) is 4. The number of hydrogen-bond donors (Lipinski definition) is 0. The molecule has 0 aliphatic carbocycles. The Hall–Kier alpha value is -2.60. The molecular weight excluding hydrogens is 388 g/mol. The predicted octanol–water partition coefficient (Wildman–Crippen LogP) is 4.72. The number of likely N-dealkylation sites (tertiary alicyclic amines) is 1. The van der Waals surface area contributed by atoms with Gasteiger partial charge in [0.15, 0.2) is 5.89 Å². The average molecular weight is 413 g/mol. The Bertz CT molecular complexity index is 994. The van der Waals surface area contributed by atoms with E-state index in [0.29, 0.717) is 29.6 Å². The van der Waals surface area contributed by atoms with E-state index < -0.39 is 0 Å². The van der Waals surface area contributed by atoms with Crippen LogP contribution in [0.25, 0.3) is 0 Å². The summed E-state index contributed by atoms with van der Waals surface area (Å²) in [6.45, 7) is 5.40. The molecule has 6 nitrogen and oxygen atoms in total. The van der Waals surface area contributed by atoms with Gasteiger partial charge in [0.2, 0.25) is 0 Å². The number of aromatic nitrogens is 3. The molecular formula is C22H25ClN4O2. The van der Waals surface area contributed by atoms with E-state index in [4.69, 9.17) is 16.0 Å². The minimum atomic E-state index is 0.0200. The van der Waals surface area contributed by atoms with Gasteiger partial charge in [0, 0.05) is 36.8 Å². The maximum Gasteiger partial charge on any atom is 0.272 e. The van der Waals surface area contributed by atoms with Crippen LogP contribution in [-0.2, 0) is 6.42 Å². The minimum Gasteiger partial charge on any atom is -0.445 e. The van der Waals surface area contributed by atoms with Crippen LogP contribution in [0.1, 0.15) is 66.4 Å². The molecule has 1 aliphatic rings. The monoisotopic (exact) mass is 412 g/mol. The summed E-state index contributed by atoms with van der Waals surface area (Å²) in [6, 6.07) is 9.68. The lowest BCUT2D eigenvalue weighted by molar-refractivity contribution is 0.0683. The lowest BCUT2D eigenvalue weighted by atomic mass is 9.97. The SMILES string of the molecule is CC(C)n1nccc1C(=O)N1CCCC(c2ncc(Cc3cccc(Cl)c3)o2)C1. The molecule has 3 aromatic rings. The zero-order chi connectivity index (χ0) is 20.4. The summed E-state index contributed by atoms with van der Waals surface area (Å²) in [6.07, 6.45) is 6.01. The van der Waals surface area contributed by atoms with Crippen LogP contribution in [0.5, 0.6) is 0 Å². The van der Waals surface area contributed by atoms with Crippen molar-refractivity contribution in [3.8, 4) is 0 Å². The first-order chi connectivity index (χ1) is 14.0. The van der Waals surface area contributed by atoms with Crippen molar-refractivity contribution in [2.24, 2.45) is 0 Å². The second kappa shape index (κ2) is 8.41. The highest BCUT2D eigenvalue weighted by atomic mass is 35.5. The third-order valence-electron chi connectivity index (χ3n) is 5.28. The van der Waals surface area contributed by atoms with Crippen LogP contribution in [0, 0.1) is 0 Å². The van der Waals surface area contributed by atoms with Gasteiger partial charge in [-0.15, -0.1) is 0 Å². The summed E-state index contributed by atoms with van der Waals surface area (Å²) in [7, 11) is 0. The molecule has 1 fully saturated rings. The van der Waals surface area contributed by atoms with Gasteiger partial charge >= 0.3 is 0 Å². The quantitative estimate of drug-likeness (QED) is 0.608. The molecule has 0 spiro atoms. The molecule has 2 aromatic heterocycles. The molecule has 1 aromatic carbocycles. The molecule has 152 valence electrons. The van der Waals surface area contributed by atoms with Gasteiger partial charge in [-0.25, -0.2) is 4.98 Å². The number of nitrogens with zero attached hydrogens (tertiary/aromatic N) is 4. The van der Waals surface area contributed by atoms with Gasteiger partial charge in [-0.2, -0.15) is 5.10 Å². The summed E-state index contributed by atoms with van der Waals surface area (Å²) < 4.78 is 7.82. The summed E-state index contributed by atoms with van der Waals surface area (Å²) in [5, 5.41) is 5.00. The molecule has 3 heterocycles. The van der Waals surface area contributed by atoms with E-state index in [9.17, 15) is 4.79 Å². The fourth-order valence-electron chi connectivity index (χ4n) is 3.86. The van der Waals surface area contributed by atoms with E-state index in [1.165, 1.54) is 0 Å². The number of rotatable bonds is 5. The van der Waals surface area contributed by atoms with Crippen molar-refractivity contribution in [1.82, 2.24) is 19.7 Å². The van der Waals surface area contributed by atoms with Gasteiger partial charge in [-0.1, -0.05) is 23.7 Å². The largest absolute Gasteiger partial charge is 0.445 e. The zero-order valence-electron chi connectivity index (χ0n) is 16.7. The van der Waals surface area contributed by atoms with Crippen LogP contribution in [0.3, 0.4) is 0 Å². The van der Waals surface area contributed by atoms with Crippen molar-refractivity contribution in [1.29, 1.82) is 0 Å². The predicted molar refractivity (Wildman–Crippen MR) is 111 cm³/mol. The molecule has 1 atom stereocenters. The van der Waals surface area contributed by atoms with Crippen LogP contribution in [0.2, 0.25) is 5.02 Å². The molecule has 0 bridgehead atoms. The van der Waals surface area contributed by atoms with Crippen molar-refractivity contribution in [2.45, 2.75) is 45.1 Å². The lowest BCUT2D eigenvalue weighted by Crippen LogP contribution is -2.40. The first-order valence-electron chi connectivity index (χ1n) is 10.0. The van der Waals surface area contributed by atoms with Crippen LogP contribution in [-0.4, -0.2) is 38.7 Å². The third kappa shape index (κ3) is 4.37. The lowest BCUT2D eigenvalue weighted by Gasteiger charge is -2.31. The Kier molecular flexibility index (Phi) is 5.72. The van der Waals surface area contributed by atoms with Crippen molar-refractivity contribution in [3.63, 3.8) is 0 Å². The summed E-state index contributed by atoms with van der Waals surface area (Å²) in [4.78, 5) is 19.4. The molecule has 0 N–H and O–H groups in total. The number of oxazole rings is 1. The smallest absolute Gasteiger partial charge is 0.272 e. The number of carbonyl (C=O) groups is 1. The van der Waals surface area contributed by atoms with Gasteiger partial charge in [-0.3, -0.25) is 9.48 Å². The molecule has 4 rings (SSSR count). The van der Waals surface area contributed by atoms with Crippen molar-refractivity contribution in [3.05, 3.63) is 70.7 Å². The van der Waals surface area contributed by atoms with E-state index in [1.54, 1.807) is 23.1 Å². The highest BCUT2D eigenvalue weighted by molar-refractivity contribution is 6.30. The van der Waals surface area contributed by atoms with Crippen LogP contribution < -0.4 is 0 Å². The molecule has 1 unspecified atom stereocenters. The van der Waals surface area contributed by atoms with Crippen molar-refractivity contribution >= 4 is 17.5 Å². The summed E-state index contributed by atoms with van der Waals surface area (Å²) >= 11 is 6.07. The Labute approximate surface area is 175 Å². The van der Waals surface area contributed by atoms with Crippen molar-refractivity contribution in [2.75, 3.05) is 13.1 Å². The topological polar surface area (TPSA) is 64.2 Å². The highest BCUT2D eigenvalue weighted by Gasteiger charge is 2.30. The van der Waals surface area contributed by atoms with Crippen LogP contribution in [0.15, 0.2) is 47.1 Å². The van der Waals surface area contributed by atoms with Gasteiger partial charge in [0.25, 0.3) is 5.91 Å². The Morgan fingerprint density at radius 1 is 1.34 bits per heavy atom. The maximum atomic E-state index is 13.0. The molecule has 7 heteroatoms. The third-order valence-corrected chi connectivity index (χ3v) is 5.51. The standard InChI is InChI=1S/C22H25ClN4O2/c1-15(2)27-20(8-9-25-27)22(28)26-10-4-6-17(14-26)21-24-13-19(29-21)12-16-5-3-7-18(23)11-16/h3,5,7-9,11,13,15,17H,4,6,10,12,14H2,1-2H3. The second-order valence-electron chi connectivity index (χ2n) is 7.82. The van der Waals surface area contributed by atoms with E-state index in [0.717, 1.165) is 30.7 Å². The first kappa shape index (κ1) is 19.7. The summed E-state index contributed by atoms with van der Waals surface area (Å²) in [5.74, 6) is 1.64. The second-order valence-corrected chi connectivity index (χ2v) is 8.25. The highest BCUT2D eigenvalue weighted by Crippen LogP contribution is 2.28. The Morgan fingerprint density at radius 2 is 2.21 bits per heavy atom. The van der Waals surface area contributed by atoms with Gasteiger partial charge in [-0.05, 0) is 50.5 Å². The number of carbonyl (C=O) groups excluding carboxylic acids is 1. The number of benzene rings is 1. The Morgan fingerprint density at radius 3 is 3.00 bits per heavy atom.